The van der Waals surface area contributed by atoms with Gasteiger partial charge in [0.1, 0.15) is 5.82 Å². The van der Waals surface area contributed by atoms with Gasteiger partial charge in [-0.2, -0.15) is 10.2 Å². The van der Waals surface area contributed by atoms with Gasteiger partial charge >= 0.3 is 0 Å². The number of anilines is 1. The fourth-order valence-electron chi connectivity index (χ4n) is 3.43. The highest BCUT2D eigenvalue weighted by molar-refractivity contribution is 5.91. The van der Waals surface area contributed by atoms with E-state index in [0.717, 1.165) is 45.5 Å². The maximum absolute atomic E-state index is 12.5. The largest absolute Gasteiger partial charge is 0.310 e. The molecule has 0 aliphatic carbocycles. The summed E-state index contributed by atoms with van der Waals surface area (Å²) in [5, 5.41) is 10.6. The van der Waals surface area contributed by atoms with E-state index < -0.39 is 0 Å². The molecule has 0 fully saturated rings. The summed E-state index contributed by atoms with van der Waals surface area (Å²) in [5.41, 5.74) is 7.14. The lowest BCUT2D eigenvalue weighted by Crippen LogP contribution is -2.15. The number of aromatic nitrogens is 4. The molecule has 0 saturated heterocycles. The molecule has 0 unspecified atom stereocenters. The summed E-state index contributed by atoms with van der Waals surface area (Å²) >= 11 is 0. The minimum absolute atomic E-state index is 0.105. The second-order valence-electron chi connectivity index (χ2n) is 7.33. The molecule has 0 saturated carbocycles. The molecule has 0 radical (unpaired) electrons. The number of carbonyl (C=O) groups is 1. The molecule has 4 aromatic rings. The van der Waals surface area contributed by atoms with Gasteiger partial charge in [-0.05, 0) is 54.3 Å². The van der Waals surface area contributed by atoms with E-state index in [2.05, 4.69) is 32.4 Å². The molecule has 3 heterocycles. The van der Waals surface area contributed by atoms with Crippen molar-refractivity contribution in [1.29, 1.82) is 0 Å². The smallest absolute Gasteiger partial charge is 0.229 e. The third-order valence-electron chi connectivity index (χ3n) is 5.10. The number of nitrogens with zero attached hydrogens (tertiary/aromatic N) is 4. The predicted molar refractivity (Wildman–Crippen MR) is 121 cm³/mol. The molecule has 6 heteroatoms. The van der Waals surface area contributed by atoms with Gasteiger partial charge in [0, 0.05) is 34.8 Å². The molecule has 0 aliphatic rings. The molecule has 0 bridgehead atoms. The molecule has 0 spiro atoms. The molecule has 0 aliphatic heterocycles. The molecule has 1 N–H and O–H groups in total. The quantitative estimate of drug-likeness (QED) is 0.501. The molecular formula is C25H23N5O. The fourth-order valence-corrected chi connectivity index (χ4v) is 3.43. The first-order chi connectivity index (χ1) is 15.1. The fraction of sp³-hybridized carbons (Fsp3) is 0.160. The van der Waals surface area contributed by atoms with Crippen LogP contribution in [0.5, 0.6) is 0 Å². The lowest BCUT2D eigenvalue weighted by atomic mass is 9.99. The van der Waals surface area contributed by atoms with E-state index in [1.807, 2.05) is 61.7 Å². The van der Waals surface area contributed by atoms with E-state index in [1.165, 1.54) is 0 Å². The predicted octanol–water partition coefficient (Wildman–Crippen LogP) is 4.65. The second-order valence-corrected chi connectivity index (χ2v) is 7.33. The minimum Gasteiger partial charge on any atom is -0.310 e. The first-order valence-electron chi connectivity index (χ1n) is 10.2. The van der Waals surface area contributed by atoms with Crippen molar-refractivity contribution in [3.8, 4) is 22.3 Å². The van der Waals surface area contributed by atoms with Crippen molar-refractivity contribution in [2.75, 3.05) is 5.32 Å². The average molecular weight is 409 g/mol. The zero-order valence-corrected chi connectivity index (χ0v) is 17.5. The lowest BCUT2D eigenvalue weighted by molar-refractivity contribution is -0.115. The number of nitrogens with one attached hydrogen (secondary N) is 1. The number of carbonyl (C=O) groups excluding carboxylic acids is 1. The van der Waals surface area contributed by atoms with Crippen LogP contribution >= 0.6 is 0 Å². The minimum atomic E-state index is -0.105. The first-order valence-corrected chi connectivity index (χ1v) is 10.2. The third kappa shape index (κ3) is 4.98. The van der Waals surface area contributed by atoms with Crippen LogP contribution in [-0.2, 0) is 17.6 Å². The normalized spacial score (nSPS) is 10.6. The van der Waals surface area contributed by atoms with Crippen LogP contribution in [0.15, 0.2) is 73.3 Å². The molecule has 0 atom stereocenters. The van der Waals surface area contributed by atoms with Crippen molar-refractivity contribution in [3.63, 3.8) is 0 Å². The summed E-state index contributed by atoms with van der Waals surface area (Å²) in [6, 6.07) is 15.7. The van der Waals surface area contributed by atoms with Gasteiger partial charge in [0.05, 0.1) is 18.8 Å². The number of aryl methyl sites for hydroxylation is 2. The van der Waals surface area contributed by atoms with Crippen LogP contribution in [0, 0.1) is 6.92 Å². The van der Waals surface area contributed by atoms with E-state index in [1.54, 1.807) is 18.6 Å². The van der Waals surface area contributed by atoms with Crippen LogP contribution in [0.3, 0.4) is 0 Å². The maximum atomic E-state index is 12.5. The van der Waals surface area contributed by atoms with Crippen LogP contribution in [0.25, 0.3) is 22.3 Å². The zero-order valence-electron chi connectivity index (χ0n) is 17.5. The summed E-state index contributed by atoms with van der Waals surface area (Å²) in [6.07, 6.45) is 8.19. The highest BCUT2D eigenvalue weighted by Gasteiger charge is 2.09. The first kappa shape index (κ1) is 20.3. The lowest BCUT2D eigenvalue weighted by Gasteiger charge is -2.09. The Morgan fingerprint density at radius 2 is 1.68 bits per heavy atom. The summed E-state index contributed by atoms with van der Waals surface area (Å²) in [5.74, 6) is 0.426. The summed E-state index contributed by atoms with van der Waals surface area (Å²) in [7, 11) is 0. The Hall–Kier alpha value is -3.93. The van der Waals surface area contributed by atoms with Crippen LogP contribution in [0.4, 0.5) is 5.82 Å². The van der Waals surface area contributed by atoms with Crippen LogP contribution in [0.2, 0.25) is 0 Å². The van der Waals surface area contributed by atoms with Crippen molar-refractivity contribution in [2.24, 2.45) is 0 Å². The number of hydrogen-bond donors (Lipinski definition) is 1. The van der Waals surface area contributed by atoms with Gasteiger partial charge in [-0.15, -0.1) is 0 Å². The van der Waals surface area contributed by atoms with E-state index in [0.29, 0.717) is 5.82 Å². The summed E-state index contributed by atoms with van der Waals surface area (Å²) in [6.45, 7) is 4.11. The second kappa shape index (κ2) is 9.26. The number of pyridine rings is 2. The highest BCUT2D eigenvalue weighted by atomic mass is 16.1. The van der Waals surface area contributed by atoms with Crippen LogP contribution < -0.4 is 5.32 Å². The van der Waals surface area contributed by atoms with E-state index in [4.69, 9.17) is 0 Å². The van der Waals surface area contributed by atoms with Gasteiger partial charge in [-0.3, -0.25) is 9.78 Å². The van der Waals surface area contributed by atoms with E-state index >= 15 is 0 Å². The number of hydrogen-bond acceptors (Lipinski definition) is 5. The Labute approximate surface area is 181 Å². The zero-order chi connectivity index (χ0) is 21.6. The molecule has 4 rings (SSSR count). The van der Waals surface area contributed by atoms with E-state index in [-0.39, 0.29) is 12.3 Å². The number of benzene rings is 1. The summed E-state index contributed by atoms with van der Waals surface area (Å²) < 4.78 is 0. The van der Waals surface area contributed by atoms with E-state index in [9.17, 15) is 4.79 Å². The topological polar surface area (TPSA) is 80.7 Å². The molecule has 6 nitrogen and oxygen atoms in total. The molecular weight excluding hydrogens is 386 g/mol. The molecule has 31 heavy (non-hydrogen) atoms. The van der Waals surface area contributed by atoms with Crippen LogP contribution in [0.1, 0.15) is 23.7 Å². The molecule has 1 amide bonds. The van der Waals surface area contributed by atoms with Crippen molar-refractivity contribution in [2.45, 2.75) is 26.7 Å². The Bertz CT molecular complexity index is 1170. The monoisotopic (exact) mass is 409 g/mol. The van der Waals surface area contributed by atoms with Crippen molar-refractivity contribution < 1.29 is 4.79 Å². The SMILES string of the molecule is CCc1ccc(-c2ccc(NC(=O)Cc3ccc(-c4ccnnc4)c(C)c3)nc2)cn1. The van der Waals surface area contributed by atoms with Gasteiger partial charge in [-0.1, -0.05) is 31.2 Å². The molecule has 154 valence electrons. The molecule has 3 aromatic heterocycles. The number of amides is 1. The van der Waals surface area contributed by atoms with Crippen LogP contribution in [-0.4, -0.2) is 26.1 Å². The third-order valence-corrected chi connectivity index (χ3v) is 5.10. The average Bonchev–Trinajstić information content (AvgIpc) is 2.80. The highest BCUT2D eigenvalue weighted by Crippen LogP contribution is 2.23. The Morgan fingerprint density at radius 1 is 0.871 bits per heavy atom. The van der Waals surface area contributed by atoms with Crippen molar-refractivity contribution in [3.05, 3.63) is 90.1 Å². The Kier molecular flexibility index (Phi) is 6.08. The van der Waals surface area contributed by atoms with Gasteiger partial charge in [-0.25, -0.2) is 4.98 Å². The van der Waals surface area contributed by atoms with Gasteiger partial charge < -0.3 is 5.32 Å². The number of rotatable bonds is 6. The molecule has 1 aromatic carbocycles. The Balaban J connectivity index is 1.40. The Morgan fingerprint density at radius 3 is 2.29 bits per heavy atom. The standard InChI is InChI=1S/C25H23N5O/c1-3-22-7-5-19(14-26-22)20-6-9-24(27-15-20)30-25(31)13-18-4-8-23(17(2)12-18)21-10-11-28-29-16-21/h4-12,14-16H,3,13H2,1-2H3,(H,27,30,31). The van der Waals surface area contributed by atoms with Gasteiger partial charge in [0.15, 0.2) is 0 Å². The van der Waals surface area contributed by atoms with Gasteiger partial charge in [0.2, 0.25) is 5.91 Å². The van der Waals surface area contributed by atoms with Crippen molar-refractivity contribution >= 4 is 11.7 Å². The summed E-state index contributed by atoms with van der Waals surface area (Å²) in [4.78, 5) is 21.3. The maximum Gasteiger partial charge on any atom is 0.229 e. The van der Waals surface area contributed by atoms with Crippen molar-refractivity contribution in [1.82, 2.24) is 20.2 Å². The van der Waals surface area contributed by atoms with Gasteiger partial charge in [0.25, 0.3) is 0 Å².